The largest absolute Gasteiger partial charge is 0.469 e. The number of aryl methyl sites for hydroxylation is 1. The molecule has 2 aromatic rings. The molecule has 0 spiro atoms. The number of hydrogen-bond acceptors (Lipinski definition) is 4. The van der Waals surface area contributed by atoms with Gasteiger partial charge in [0, 0.05) is 20.5 Å². The fourth-order valence-electron chi connectivity index (χ4n) is 2.72. The van der Waals surface area contributed by atoms with E-state index in [2.05, 4.69) is 4.74 Å². The van der Waals surface area contributed by atoms with Crippen molar-refractivity contribution >= 4 is 11.9 Å². The fourth-order valence-corrected chi connectivity index (χ4v) is 2.72. The van der Waals surface area contributed by atoms with Gasteiger partial charge in [0.25, 0.3) is 0 Å². The molecule has 0 aliphatic carbocycles. The van der Waals surface area contributed by atoms with Crippen LogP contribution in [0.25, 0.3) is 11.1 Å². The number of carbonyl (C=O) groups excluding carboxylic acids is 2. The van der Waals surface area contributed by atoms with Crippen LogP contribution in [-0.4, -0.2) is 44.0 Å². The first-order valence-electron chi connectivity index (χ1n) is 8.62. The van der Waals surface area contributed by atoms with E-state index >= 15 is 0 Å². The van der Waals surface area contributed by atoms with E-state index in [0.29, 0.717) is 19.3 Å². The average Bonchev–Trinajstić information content (AvgIpc) is 2.66. The van der Waals surface area contributed by atoms with Crippen molar-refractivity contribution in [3.05, 3.63) is 59.7 Å². The molecule has 0 aliphatic heterocycles. The molecule has 0 heterocycles. The Kier molecular flexibility index (Phi) is 6.92. The molecule has 5 nitrogen and oxygen atoms in total. The van der Waals surface area contributed by atoms with Gasteiger partial charge in [-0.25, -0.2) is 0 Å². The van der Waals surface area contributed by atoms with Crippen LogP contribution in [0.15, 0.2) is 48.5 Å². The molecule has 26 heavy (non-hydrogen) atoms. The van der Waals surface area contributed by atoms with Crippen molar-refractivity contribution in [3.63, 3.8) is 0 Å². The monoisotopic (exact) mass is 354 g/mol. The predicted octanol–water partition coefficient (Wildman–Crippen LogP) is 2.42. The predicted molar refractivity (Wildman–Crippen MR) is 103 cm³/mol. The third-order valence-electron chi connectivity index (χ3n) is 4.30. The first kappa shape index (κ1) is 19.7. The molecule has 0 aliphatic rings. The minimum atomic E-state index is -0.523. The second-order valence-electron chi connectivity index (χ2n) is 6.51. The van der Waals surface area contributed by atoms with Gasteiger partial charge in [-0.3, -0.25) is 9.59 Å². The van der Waals surface area contributed by atoms with Crippen LogP contribution in [-0.2, 0) is 27.2 Å². The maximum atomic E-state index is 11.9. The molecule has 1 amide bonds. The van der Waals surface area contributed by atoms with Gasteiger partial charge in [0.2, 0.25) is 5.91 Å². The lowest BCUT2D eigenvalue weighted by Crippen LogP contribution is -2.41. The fraction of sp³-hybridized carbons (Fsp3) is 0.333. The van der Waals surface area contributed by atoms with Crippen LogP contribution in [0.4, 0.5) is 0 Å². The molecule has 2 N–H and O–H groups in total. The zero-order valence-electron chi connectivity index (χ0n) is 15.6. The zero-order chi connectivity index (χ0) is 19.1. The maximum absolute atomic E-state index is 11.9. The Morgan fingerprint density at radius 3 is 1.92 bits per heavy atom. The van der Waals surface area contributed by atoms with Crippen molar-refractivity contribution in [2.24, 2.45) is 5.73 Å². The van der Waals surface area contributed by atoms with E-state index in [1.165, 1.54) is 12.0 Å². The minimum absolute atomic E-state index is 0.0726. The van der Waals surface area contributed by atoms with Gasteiger partial charge < -0.3 is 15.4 Å². The highest BCUT2D eigenvalue weighted by molar-refractivity contribution is 5.81. The van der Waals surface area contributed by atoms with Crippen LogP contribution in [0.1, 0.15) is 17.5 Å². The lowest BCUT2D eigenvalue weighted by Gasteiger charge is -2.16. The SMILES string of the molecule is COC(=O)CCc1ccc(-c2ccc(CC(N)C(=O)N(C)C)cc2)cc1. The van der Waals surface area contributed by atoms with E-state index < -0.39 is 6.04 Å². The number of esters is 1. The maximum Gasteiger partial charge on any atom is 0.305 e. The Labute approximate surface area is 154 Å². The van der Waals surface area contributed by atoms with Gasteiger partial charge >= 0.3 is 5.97 Å². The van der Waals surface area contributed by atoms with Gasteiger partial charge in [-0.2, -0.15) is 0 Å². The Balaban J connectivity index is 1.99. The van der Waals surface area contributed by atoms with Crippen LogP contribution >= 0.6 is 0 Å². The summed E-state index contributed by atoms with van der Waals surface area (Å²) >= 11 is 0. The van der Waals surface area contributed by atoms with E-state index in [0.717, 1.165) is 22.3 Å². The number of nitrogens with two attached hydrogens (primary N) is 1. The standard InChI is InChI=1S/C21H26N2O3/c1-23(2)21(25)19(22)14-16-6-11-18(12-7-16)17-9-4-15(5-10-17)8-13-20(24)26-3/h4-7,9-12,19H,8,13-14,22H2,1-3H3. The number of rotatable bonds is 7. The molecule has 1 atom stereocenters. The highest BCUT2D eigenvalue weighted by atomic mass is 16.5. The van der Waals surface area contributed by atoms with Gasteiger partial charge in [0.1, 0.15) is 0 Å². The molecule has 138 valence electrons. The highest BCUT2D eigenvalue weighted by Crippen LogP contribution is 2.21. The second kappa shape index (κ2) is 9.15. The first-order valence-corrected chi connectivity index (χ1v) is 8.62. The Morgan fingerprint density at radius 1 is 0.962 bits per heavy atom. The second-order valence-corrected chi connectivity index (χ2v) is 6.51. The number of carbonyl (C=O) groups is 2. The number of benzene rings is 2. The van der Waals surface area contributed by atoms with Crippen molar-refractivity contribution in [1.29, 1.82) is 0 Å². The van der Waals surface area contributed by atoms with Crippen LogP contribution in [0.2, 0.25) is 0 Å². The molecule has 2 rings (SSSR count). The summed E-state index contributed by atoms with van der Waals surface area (Å²) in [6.07, 6.45) is 1.57. The van der Waals surface area contributed by atoms with E-state index in [4.69, 9.17) is 5.73 Å². The summed E-state index contributed by atoms with van der Waals surface area (Å²) < 4.78 is 4.66. The molecular formula is C21H26N2O3. The van der Waals surface area contributed by atoms with Crippen LogP contribution < -0.4 is 5.73 Å². The summed E-state index contributed by atoms with van der Waals surface area (Å²) in [6.45, 7) is 0. The summed E-state index contributed by atoms with van der Waals surface area (Å²) in [6, 6.07) is 15.7. The summed E-state index contributed by atoms with van der Waals surface area (Å²) in [5.41, 5.74) is 10.3. The lowest BCUT2D eigenvalue weighted by atomic mass is 9.99. The van der Waals surface area contributed by atoms with Crippen molar-refractivity contribution in [3.8, 4) is 11.1 Å². The van der Waals surface area contributed by atoms with Crippen molar-refractivity contribution in [1.82, 2.24) is 4.90 Å². The smallest absolute Gasteiger partial charge is 0.305 e. The number of amides is 1. The highest BCUT2D eigenvalue weighted by Gasteiger charge is 2.15. The number of methoxy groups -OCH3 is 1. The molecule has 2 aromatic carbocycles. The van der Waals surface area contributed by atoms with E-state index in [-0.39, 0.29) is 11.9 Å². The molecule has 0 aromatic heterocycles. The average molecular weight is 354 g/mol. The molecule has 5 heteroatoms. The Hall–Kier alpha value is -2.66. The van der Waals surface area contributed by atoms with Crippen molar-refractivity contribution < 1.29 is 14.3 Å². The van der Waals surface area contributed by atoms with Gasteiger partial charge in [0.15, 0.2) is 0 Å². The van der Waals surface area contributed by atoms with Gasteiger partial charge in [-0.1, -0.05) is 48.5 Å². The van der Waals surface area contributed by atoms with Crippen molar-refractivity contribution in [2.75, 3.05) is 21.2 Å². The Bertz CT molecular complexity index is 737. The van der Waals surface area contributed by atoms with Crippen LogP contribution in [0.5, 0.6) is 0 Å². The summed E-state index contributed by atoms with van der Waals surface area (Å²) in [7, 11) is 4.82. The van der Waals surface area contributed by atoms with Gasteiger partial charge in [-0.05, 0) is 35.1 Å². The van der Waals surface area contributed by atoms with E-state index in [9.17, 15) is 9.59 Å². The van der Waals surface area contributed by atoms with Crippen LogP contribution in [0, 0.1) is 0 Å². The van der Waals surface area contributed by atoms with E-state index in [1.54, 1.807) is 14.1 Å². The third kappa shape index (κ3) is 5.43. The summed E-state index contributed by atoms with van der Waals surface area (Å²) in [4.78, 5) is 24.6. The Morgan fingerprint density at radius 2 is 1.46 bits per heavy atom. The molecule has 0 saturated carbocycles. The van der Waals surface area contributed by atoms with Crippen molar-refractivity contribution in [2.45, 2.75) is 25.3 Å². The quantitative estimate of drug-likeness (QED) is 0.775. The number of hydrogen-bond donors (Lipinski definition) is 1. The molecule has 0 bridgehead atoms. The molecule has 0 saturated heterocycles. The number of nitrogens with zero attached hydrogens (tertiary/aromatic N) is 1. The normalized spacial score (nSPS) is 11.7. The summed E-state index contributed by atoms with van der Waals surface area (Å²) in [5, 5.41) is 0. The summed E-state index contributed by atoms with van der Waals surface area (Å²) in [5.74, 6) is -0.271. The topological polar surface area (TPSA) is 72.6 Å². The molecule has 1 unspecified atom stereocenters. The molecular weight excluding hydrogens is 328 g/mol. The zero-order valence-corrected chi connectivity index (χ0v) is 15.6. The lowest BCUT2D eigenvalue weighted by molar-refractivity contribution is -0.140. The molecule has 0 fully saturated rings. The number of ether oxygens (including phenoxy) is 1. The number of likely N-dealkylation sites (N-methyl/N-ethyl adjacent to an activating group) is 1. The molecule has 0 radical (unpaired) electrons. The van der Waals surface area contributed by atoms with Gasteiger partial charge in [-0.15, -0.1) is 0 Å². The first-order chi connectivity index (χ1) is 12.4. The third-order valence-corrected chi connectivity index (χ3v) is 4.30. The van der Waals surface area contributed by atoms with Crippen LogP contribution in [0.3, 0.4) is 0 Å². The van der Waals surface area contributed by atoms with E-state index in [1.807, 2.05) is 48.5 Å². The van der Waals surface area contributed by atoms with Gasteiger partial charge in [0.05, 0.1) is 13.2 Å². The minimum Gasteiger partial charge on any atom is -0.469 e.